The van der Waals surface area contributed by atoms with Gasteiger partial charge in [-0.15, -0.1) is 0 Å². The SMILES string of the molecule is COc1ccc(C)cc1NC(=O)/C=C/c1cccc(OC)c1OCc1ccc(Br)cc1. The van der Waals surface area contributed by atoms with Gasteiger partial charge in [0.05, 0.1) is 19.9 Å². The second kappa shape index (κ2) is 10.7. The fourth-order valence-electron chi connectivity index (χ4n) is 2.97. The van der Waals surface area contributed by atoms with E-state index in [0.717, 1.165) is 21.2 Å². The zero-order valence-electron chi connectivity index (χ0n) is 17.6. The molecule has 3 rings (SSSR count). The average molecular weight is 482 g/mol. The van der Waals surface area contributed by atoms with E-state index in [9.17, 15) is 4.79 Å². The Labute approximate surface area is 190 Å². The molecule has 0 aromatic heterocycles. The molecule has 0 atom stereocenters. The second-order valence-corrected chi connectivity index (χ2v) is 7.74. The van der Waals surface area contributed by atoms with Crippen molar-refractivity contribution in [2.24, 2.45) is 0 Å². The second-order valence-electron chi connectivity index (χ2n) is 6.82. The predicted octanol–water partition coefficient (Wildman–Crippen LogP) is 6.01. The van der Waals surface area contributed by atoms with Crippen molar-refractivity contribution in [3.63, 3.8) is 0 Å². The highest BCUT2D eigenvalue weighted by molar-refractivity contribution is 9.10. The molecule has 1 N–H and O–H groups in total. The molecule has 0 bridgehead atoms. The molecule has 160 valence electrons. The summed E-state index contributed by atoms with van der Waals surface area (Å²) < 4.78 is 17.8. The number of benzene rings is 3. The minimum atomic E-state index is -0.273. The molecule has 3 aromatic rings. The monoisotopic (exact) mass is 481 g/mol. The molecular weight excluding hydrogens is 458 g/mol. The number of carbonyl (C=O) groups is 1. The lowest BCUT2D eigenvalue weighted by Gasteiger charge is -2.14. The highest BCUT2D eigenvalue weighted by atomic mass is 79.9. The van der Waals surface area contributed by atoms with Gasteiger partial charge in [0, 0.05) is 16.1 Å². The van der Waals surface area contributed by atoms with Crippen LogP contribution in [-0.2, 0) is 11.4 Å². The number of ether oxygens (including phenoxy) is 3. The topological polar surface area (TPSA) is 56.8 Å². The summed E-state index contributed by atoms with van der Waals surface area (Å²) in [7, 11) is 3.16. The fourth-order valence-corrected chi connectivity index (χ4v) is 3.24. The van der Waals surface area contributed by atoms with E-state index in [0.29, 0.717) is 29.5 Å². The molecule has 31 heavy (non-hydrogen) atoms. The van der Waals surface area contributed by atoms with Crippen molar-refractivity contribution in [3.8, 4) is 17.2 Å². The number of carbonyl (C=O) groups excluding carboxylic acids is 1. The van der Waals surface area contributed by atoms with Crippen LogP contribution in [0.3, 0.4) is 0 Å². The Balaban J connectivity index is 1.77. The van der Waals surface area contributed by atoms with E-state index in [1.807, 2.05) is 67.6 Å². The summed E-state index contributed by atoms with van der Waals surface area (Å²) >= 11 is 3.43. The van der Waals surface area contributed by atoms with Crippen LogP contribution in [-0.4, -0.2) is 20.1 Å². The van der Waals surface area contributed by atoms with Crippen LogP contribution >= 0.6 is 15.9 Å². The quantitative estimate of drug-likeness (QED) is 0.400. The Morgan fingerprint density at radius 1 is 1.00 bits per heavy atom. The maximum atomic E-state index is 12.5. The molecule has 0 heterocycles. The normalized spacial score (nSPS) is 10.7. The first-order valence-corrected chi connectivity index (χ1v) is 10.5. The number of aryl methyl sites for hydroxylation is 1. The standard InChI is InChI=1S/C25H24BrNO4/c1-17-7-13-22(29-2)21(15-17)27-24(28)14-10-19-5-4-6-23(30-3)25(19)31-16-18-8-11-20(26)12-9-18/h4-15H,16H2,1-3H3,(H,27,28)/b14-10+. The van der Waals surface area contributed by atoms with Crippen molar-refractivity contribution in [1.29, 1.82) is 0 Å². The van der Waals surface area contributed by atoms with Gasteiger partial charge in [-0.25, -0.2) is 0 Å². The summed E-state index contributed by atoms with van der Waals surface area (Å²) in [6, 6.07) is 19.1. The first-order valence-electron chi connectivity index (χ1n) is 9.68. The molecule has 0 saturated heterocycles. The Morgan fingerprint density at radius 3 is 2.45 bits per heavy atom. The van der Waals surface area contributed by atoms with Gasteiger partial charge in [-0.05, 0) is 54.5 Å². The van der Waals surface area contributed by atoms with E-state index < -0.39 is 0 Å². The average Bonchev–Trinajstić information content (AvgIpc) is 2.77. The van der Waals surface area contributed by atoms with Gasteiger partial charge in [-0.1, -0.05) is 46.3 Å². The molecule has 0 aliphatic heterocycles. The lowest BCUT2D eigenvalue weighted by molar-refractivity contribution is -0.111. The van der Waals surface area contributed by atoms with Crippen LogP contribution < -0.4 is 19.5 Å². The molecule has 0 saturated carbocycles. The summed E-state index contributed by atoms with van der Waals surface area (Å²) in [5.74, 6) is 1.50. The van der Waals surface area contributed by atoms with E-state index in [-0.39, 0.29) is 5.91 Å². The summed E-state index contributed by atoms with van der Waals surface area (Å²) in [6.07, 6.45) is 3.17. The van der Waals surface area contributed by atoms with Gasteiger partial charge in [0.15, 0.2) is 11.5 Å². The number of hydrogen-bond acceptors (Lipinski definition) is 4. The van der Waals surface area contributed by atoms with Gasteiger partial charge < -0.3 is 19.5 Å². The summed E-state index contributed by atoms with van der Waals surface area (Å²) in [4.78, 5) is 12.5. The van der Waals surface area contributed by atoms with Crippen LogP contribution in [0.1, 0.15) is 16.7 Å². The molecule has 0 fully saturated rings. The predicted molar refractivity (Wildman–Crippen MR) is 127 cm³/mol. The summed E-state index contributed by atoms with van der Waals surface area (Å²) in [5.41, 5.74) is 3.40. The number of nitrogens with one attached hydrogen (secondary N) is 1. The summed E-state index contributed by atoms with van der Waals surface area (Å²) in [5, 5.41) is 2.86. The van der Waals surface area contributed by atoms with Crippen LogP contribution in [0.4, 0.5) is 5.69 Å². The number of hydrogen-bond donors (Lipinski definition) is 1. The Morgan fingerprint density at radius 2 is 1.74 bits per heavy atom. The smallest absolute Gasteiger partial charge is 0.248 e. The Bertz CT molecular complexity index is 1080. The highest BCUT2D eigenvalue weighted by Gasteiger charge is 2.11. The third kappa shape index (κ3) is 6.12. The third-order valence-electron chi connectivity index (χ3n) is 4.55. The molecule has 5 nitrogen and oxygen atoms in total. The number of halogens is 1. The molecule has 3 aromatic carbocycles. The molecule has 1 amide bonds. The lowest BCUT2D eigenvalue weighted by atomic mass is 10.1. The number of methoxy groups -OCH3 is 2. The van der Waals surface area contributed by atoms with Crippen LogP contribution in [0.2, 0.25) is 0 Å². The van der Waals surface area contributed by atoms with Gasteiger partial charge in [-0.3, -0.25) is 4.79 Å². The van der Waals surface area contributed by atoms with Crippen molar-refractivity contribution < 1.29 is 19.0 Å². The van der Waals surface area contributed by atoms with Gasteiger partial charge in [-0.2, -0.15) is 0 Å². The molecule has 0 radical (unpaired) electrons. The first kappa shape index (κ1) is 22.4. The van der Waals surface area contributed by atoms with Crippen molar-refractivity contribution >= 4 is 33.6 Å². The van der Waals surface area contributed by atoms with Crippen molar-refractivity contribution in [3.05, 3.63) is 87.9 Å². The van der Waals surface area contributed by atoms with Crippen LogP contribution in [0, 0.1) is 6.92 Å². The number of amides is 1. The van der Waals surface area contributed by atoms with Crippen LogP contribution in [0.15, 0.2) is 71.2 Å². The number of para-hydroxylation sites is 1. The van der Waals surface area contributed by atoms with E-state index in [4.69, 9.17) is 14.2 Å². The number of anilines is 1. The first-order chi connectivity index (χ1) is 15.0. The van der Waals surface area contributed by atoms with Gasteiger partial charge >= 0.3 is 0 Å². The fraction of sp³-hybridized carbons (Fsp3) is 0.160. The minimum Gasteiger partial charge on any atom is -0.495 e. The molecule has 0 aliphatic carbocycles. The molecule has 0 spiro atoms. The van der Waals surface area contributed by atoms with Gasteiger partial charge in [0.1, 0.15) is 12.4 Å². The van der Waals surface area contributed by atoms with Gasteiger partial charge in [0.25, 0.3) is 0 Å². The van der Waals surface area contributed by atoms with E-state index in [2.05, 4.69) is 21.2 Å². The highest BCUT2D eigenvalue weighted by Crippen LogP contribution is 2.33. The van der Waals surface area contributed by atoms with Crippen molar-refractivity contribution in [2.75, 3.05) is 19.5 Å². The Hall–Kier alpha value is -3.25. The molecule has 0 unspecified atom stereocenters. The zero-order chi connectivity index (χ0) is 22.2. The Kier molecular flexibility index (Phi) is 7.73. The molecule has 6 heteroatoms. The third-order valence-corrected chi connectivity index (χ3v) is 5.08. The summed E-state index contributed by atoms with van der Waals surface area (Å²) in [6.45, 7) is 2.33. The van der Waals surface area contributed by atoms with E-state index >= 15 is 0 Å². The van der Waals surface area contributed by atoms with Crippen LogP contribution in [0.5, 0.6) is 17.2 Å². The maximum absolute atomic E-state index is 12.5. The largest absolute Gasteiger partial charge is 0.495 e. The van der Waals surface area contributed by atoms with E-state index in [1.54, 1.807) is 20.3 Å². The van der Waals surface area contributed by atoms with Crippen LogP contribution in [0.25, 0.3) is 6.08 Å². The maximum Gasteiger partial charge on any atom is 0.248 e. The minimum absolute atomic E-state index is 0.273. The van der Waals surface area contributed by atoms with Gasteiger partial charge in [0.2, 0.25) is 5.91 Å². The lowest BCUT2D eigenvalue weighted by Crippen LogP contribution is -2.09. The number of rotatable bonds is 8. The zero-order valence-corrected chi connectivity index (χ0v) is 19.2. The molecular formula is C25H24BrNO4. The van der Waals surface area contributed by atoms with Crippen molar-refractivity contribution in [2.45, 2.75) is 13.5 Å². The molecule has 0 aliphatic rings. The van der Waals surface area contributed by atoms with Crippen molar-refractivity contribution in [1.82, 2.24) is 0 Å². The van der Waals surface area contributed by atoms with E-state index in [1.165, 1.54) is 6.08 Å².